The Kier molecular flexibility index (Phi) is 13.2. The SMILES string of the molecule is C1=Cc2c(c3ccccc3n2-c2cc(-c3cc(-c4cccc(-c5cc(-n6c7ccccc7c7ccccc76)cc(-n6c7ccccc7c7ccccc76)c5)c4)cc(-c4cc(-n5c6ccccc6c6ccccc65)cc(-n5c6ccccc6c6ccccc65)c4)n3)cc(-n3c4ccccc4c4ccccc43)c2)CC1. The highest BCUT2D eigenvalue weighted by atomic mass is 15.0. The first-order valence-corrected chi connectivity index (χ1v) is 37.4. The van der Waals surface area contributed by atoms with Crippen molar-refractivity contribution in [3.8, 4) is 78.9 Å². The van der Waals surface area contributed by atoms with E-state index in [-0.39, 0.29) is 0 Å². The standard InChI is InChI=1S/C101H65N7/c1-13-40-90-76(28-1)77-29-2-14-41-91(77)103(90)70-53-66(54-71(61-70)104-92-42-15-3-30-78(92)79-31-4-16-43-93(79)104)64-26-25-27-65(52-64)67-59-88(68-55-72(105-94-44-17-5-32-80(94)81-33-6-18-45-95(81)105)62-73(56-68)106-96-46-19-7-34-82(96)83-35-8-20-47-97(83)106)102-89(60-67)69-57-74(107-98-48-21-9-36-84(98)85-37-10-22-49-99(85)107)63-75(58-69)108-100-50-23-11-38-86(100)87-39-12-24-51-101(87)108/h1-11,13-38,40-63H,12,39H2. The molecule has 1 aliphatic carbocycles. The van der Waals surface area contributed by atoms with Gasteiger partial charge in [0.1, 0.15) is 0 Å². The molecule has 0 atom stereocenters. The van der Waals surface area contributed by atoms with Crippen LogP contribution in [0.3, 0.4) is 0 Å². The Bertz CT molecular complexity index is 7050. The molecule has 108 heavy (non-hydrogen) atoms. The molecule has 7 heterocycles. The predicted molar refractivity (Wildman–Crippen MR) is 452 cm³/mol. The third-order valence-corrected chi connectivity index (χ3v) is 23.0. The summed E-state index contributed by atoms with van der Waals surface area (Å²) >= 11 is 0. The van der Waals surface area contributed by atoms with Gasteiger partial charge in [-0.3, -0.25) is 0 Å². The Balaban J connectivity index is 0.808. The second-order valence-electron chi connectivity index (χ2n) is 28.9. The zero-order valence-electron chi connectivity index (χ0n) is 58.8. The minimum Gasteiger partial charge on any atom is -0.309 e. The maximum Gasteiger partial charge on any atom is 0.0717 e. The predicted octanol–water partition coefficient (Wildman–Crippen LogP) is 26.1. The van der Waals surface area contributed by atoms with Crippen LogP contribution < -0.4 is 0 Å². The maximum absolute atomic E-state index is 6.12. The number of hydrogen-bond donors (Lipinski definition) is 0. The van der Waals surface area contributed by atoms with Crippen molar-refractivity contribution >= 4 is 126 Å². The summed E-state index contributed by atoms with van der Waals surface area (Å²) in [6.45, 7) is 0. The van der Waals surface area contributed by atoms with Crippen molar-refractivity contribution in [3.63, 3.8) is 0 Å². The van der Waals surface area contributed by atoms with E-state index in [1.807, 2.05) is 0 Å². The van der Waals surface area contributed by atoms with Crippen molar-refractivity contribution in [2.24, 2.45) is 0 Å². The Morgan fingerprint density at radius 1 is 0.194 bits per heavy atom. The topological polar surface area (TPSA) is 42.5 Å². The molecule has 22 aromatic rings. The molecular weight excluding hydrogens is 1310 g/mol. The molecule has 0 saturated heterocycles. The molecule has 504 valence electrons. The molecule has 0 amide bonds. The van der Waals surface area contributed by atoms with Gasteiger partial charge in [0.25, 0.3) is 0 Å². The maximum atomic E-state index is 6.12. The number of pyridine rings is 1. The van der Waals surface area contributed by atoms with Crippen LogP contribution in [0.4, 0.5) is 0 Å². The van der Waals surface area contributed by atoms with Gasteiger partial charge < -0.3 is 27.4 Å². The van der Waals surface area contributed by atoms with Crippen LogP contribution in [-0.2, 0) is 6.42 Å². The molecule has 0 fully saturated rings. The summed E-state index contributed by atoms with van der Waals surface area (Å²) in [5, 5.41) is 13.4. The summed E-state index contributed by atoms with van der Waals surface area (Å²) in [5.74, 6) is 0. The zero-order chi connectivity index (χ0) is 70.7. The molecule has 15 aromatic carbocycles. The zero-order valence-corrected chi connectivity index (χ0v) is 58.8. The molecule has 0 radical (unpaired) electrons. The number of allylic oxidation sites excluding steroid dienone is 1. The van der Waals surface area contributed by atoms with E-state index >= 15 is 0 Å². The minimum absolute atomic E-state index is 0.843. The van der Waals surface area contributed by atoms with Crippen molar-refractivity contribution < 1.29 is 0 Å². The van der Waals surface area contributed by atoms with Gasteiger partial charge in [0.2, 0.25) is 0 Å². The van der Waals surface area contributed by atoms with E-state index in [2.05, 4.69) is 397 Å². The molecule has 23 rings (SSSR count). The van der Waals surface area contributed by atoms with Gasteiger partial charge in [0.15, 0.2) is 0 Å². The van der Waals surface area contributed by atoms with Crippen LogP contribution in [0.25, 0.3) is 205 Å². The van der Waals surface area contributed by atoms with Crippen LogP contribution in [0.15, 0.2) is 364 Å². The van der Waals surface area contributed by atoms with Crippen molar-refractivity contribution in [1.29, 1.82) is 0 Å². The highest BCUT2D eigenvalue weighted by molar-refractivity contribution is 6.14. The summed E-state index contributed by atoms with van der Waals surface area (Å²) < 4.78 is 14.8. The average molecular weight is 1380 g/mol. The number of rotatable bonds is 10. The quantitative estimate of drug-likeness (QED) is 0.135. The van der Waals surface area contributed by atoms with Gasteiger partial charge in [0, 0.05) is 110 Å². The lowest BCUT2D eigenvalue weighted by molar-refractivity contribution is 0.966. The van der Waals surface area contributed by atoms with E-state index in [1.54, 1.807) is 0 Å². The van der Waals surface area contributed by atoms with Crippen LogP contribution >= 0.6 is 0 Å². The van der Waals surface area contributed by atoms with E-state index in [4.69, 9.17) is 4.98 Å². The van der Waals surface area contributed by atoms with Gasteiger partial charge in [0.05, 0.1) is 72.1 Å². The van der Waals surface area contributed by atoms with E-state index in [0.29, 0.717) is 0 Å². The number of aromatic nitrogens is 7. The summed E-state index contributed by atoms with van der Waals surface area (Å²) in [6, 6.07) is 133. The molecule has 7 aromatic heterocycles. The van der Waals surface area contributed by atoms with Gasteiger partial charge in [-0.15, -0.1) is 0 Å². The van der Waals surface area contributed by atoms with Crippen molar-refractivity contribution in [1.82, 2.24) is 32.4 Å². The summed E-state index contributed by atoms with van der Waals surface area (Å²) in [5.41, 5.74) is 29.5. The first-order valence-electron chi connectivity index (χ1n) is 37.4. The number of aryl methyl sites for hydroxylation is 1. The van der Waals surface area contributed by atoms with E-state index < -0.39 is 0 Å². The number of para-hydroxylation sites is 11. The normalized spacial score (nSPS) is 12.5. The average Bonchev–Trinajstić information content (AvgIpc) is 1.56. The third kappa shape index (κ3) is 9.12. The largest absolute Gasteiger partial charge is 0.309 e. The molecule has 0 bridgehead atoms. The molecule has 1 aliphatic rings. The Hall–Kier alpha value is -14.3. The summed E-state index contributed by atoms with van der Waals surface area (Å²) in [4.78, 5) is 6.12. The fraction of sp³-hybridized carbons (Fsp3) is 0.0198. The molecule has 0 spiro atoms. The van der Waals surface area contributed by atoms with Gasteiger partial charge in [-0.1, -0.05) is 224 Å². The van der Waals surface area contributed by atoms with Crippen molar-refractivity contribution in [2.75, 3.05) is 0 Å². The van der Waals surface area contributed by atoms with Crippen LogP contribution in [0.5, 0.6) is 0 Å². The Morgan fingerprint density at radius 3 is 0.731 bits per heavy atom. The van der Waals surface area contributed by atoms with Gasteiger partial charge in [-0.25, -0.2) is 4.98 Å². The van der Waals surface area contributed by atoms with Crippen molar-refractivity contribution in [2.45, 2.75) is 12.8 Å². The molecule has 7 heteroatoms. The number of fused-ring (bicyclic) bond motifs is 18. The third-order valence-electron chi connectivity index (χ3n) is 23.0. The lowest BCUT2D eigenvalue weighted by Crippen LogP contribution is -2.04. The smallest absolute Gasteiger partial charge is 0.0717 e. The first kappa shape index (κ1) is 60.2. The van der Waals surface area contributed by atoms with Crippen LogP contribution in [0, 0.1) is 0 Å². The van der Waals surface area contributed by atoms with E-state index in [1.165, 1.54) is 76.0 Å². The lowest BCUT2D eigenvalue weighted by Gasteiger charge is -2.19. The number of hydrogen-bond acceptors (Lipinski definition) is 1. The van der Waals surface area contributed by atoms with E-state index in [9.17, 15) is 0 Å². The van der Waals surface area contributed by atoms with Crippen LogP contribution in [0.2, 0.25) is 0 Å². The Morgan fingerprint density at radius 2 is 0.435 bits per heavy atom. The van der Waals surface area contributed by atoms with Gasteiger partial charge in [-0.05, 0) is 186 Å². The van der Waals surface area contributed by atoms with Crippen LogP contribution in [-0.4, -0.2) is 32.4 Å². The van der Waals surface area contributed by atoms with Crippen molar-refractivity contribution in [3.05, 3.63) is 375 Å². The lowest BCUT2D eigenvalue weighted by atomic mass is 9.95. The summed E-state index contributed by atoms with van der Waals surface area (Å²) in [7, 11) is 0. The molecule has 0 unspecified atom stereocenters. The second kappa shape index (κ2) is 23.6. The highest BCUT2D eigenvalue weighted by Gasteiger charge is 2.25. The second-order valence-corrected chi connectivity index (χ2v) is 28.9. The van der Waals surface area contributed by atoms with Gasteiger partial charge >= 0.3 is 0 Å². The molecule has 0 N–H and O–H groups in total. The summed E-state index contributed by atoms with van der Waals surface area (Å²) in [6.07, 6.45) is 6.66. The fourth-order valence-corrected chi connectivity index (χ4v) is 18.4. The minimum atomic E-state index is 0.843. The molecule has 0 saturated carbocycles. The first-order chi connectivity index (χ1) is 53.6. The van der Waals surface area contributed by atoms with Gasteiger partial charge in [-0.2, -0.15) is 0 Å². The fourth-order valence-electron chi connectivity index (χ4n) is 18.4. The number of benzene rings is 15. The van der Waals surface area contributed by atoms with E-state index in [0.717, 1.165) is 147 Å². The highest BCUT2D eigenvalue weighted by Crippen LogP contribution is 2.45. The monoisotopic (exact) mass is 1380 g/mol. The van der Waals surface area contributed by atoms with Crippen LogP contribution in [0.1, 0.15) is 17.7 Å². The molecular formula is C101H65N7. The number of nitrogens with zero attached hydrogens (tertiary/aromatic N) is 7. The Labute approximate surface area is 621 Å². The molecule has 7 nitrogen and oxygen atoms in total. The molecule has 0 aliphatic heterocycles.